The van der Waals surface area contributed by atoms with Crippen molar-refractivity contribution in [1.29, 1.82) is 5.26 Å². The third kappa shape index (κ3) is 2.20. The van der Waals surface area contributed by atoms with Crippen molar-refractivity contribution in [3.8, 4) is 6.07 Å². The fourth-order valence-electron chi connectivity index (χ4n) is 1.80. The monoisotopic (exact) mass is 244 g/mol. The van der Waals surface area contributed by atoms with Crippen LogP contribution in [0.5, 0.6) is 0 Å². The SMILES string of the molecule is CCSC(=O)N1C=Cc2ccccc2[C@H]1C#N. The van der Waals surface area contributed by atoms with E-state index in [1.807, 2.05) is 37.3 Å². The molecule has 0 saturated carbocycles. The molecule has 1 amide bonds. The summed E-state index contributed by atoms with van der Waals surface area (Å²) in [5.74, 6) is 0.711. The number of hydrogen-bond acceptors (Lipinski definition) is 3. The molecule has 0 saturated heterocycles. The zero-order chi connectivity index (χ0) is 12.3. The lowest BCUT2D eigenvalue weighted by atomic mass is 9.98. The van der Waals surface area contributed by atoms with Crippen molar-refractivity contribution in [1.82, 2.24) is 4.90 Å². The lowest BCUT2D eigenvalue weighted by Gasteiger charge is -2.27. The van der Waals surface area contributed by atoms with E-state index in [0.717, 1.165) is 11.1 Å². The summed E-state index contributed by atoms with van der Waals surface area (Å²) >= 11 is 1.22. The highest BCUT2D eigenvalue weighted by Gasteiger charge is 2.27. The van der Waals surface area contributed by atoms with E-state index in [-0.39, 0.29) is 5.24 Å². The zero-order valence-electron chi connectivity index (χ0n) is 9.46. The second-order valence-corrected chi connectivity index (χ2v) is 4.80. The molecule has 1 heterocycles. The second kappa shape index (κ2) is 5.07. The van der Waals surface area contributed by atoms with Gasteiger partial charge in [0, 0.05) is 6.20 Å². The Labute approximate surface area is 105 Å². The summed E-state index contributed by atoms with van der Waals surface area (Å²) < 4.78 is 0. The van der Waals surface area contributed by atoms with Gasteiger partial charge in [-0.1, -0.05) is 43.0 Å². The molecule has 0 spiro atoms. The predicted molar refractivity (Wildman–Crippen MR) is 69.2 cm³/mol. The Morgan fingerprint density at radius 1 is 1.53 bits per heavy atom. The number of hydrogen-bond donors (Lipinski definition) is 0. The topological polar surface area (TPSA) is 44.1 Å². The van der Waals surface area contributed by atoms with E-state index >= 15 is 0 Å². The highest BCUT2D eigenvalue weighted by atomic mass is 32.2. The largest absolute Gasteiger partial charge is 0.289 e. The van der Waals surface area contributed by atoms with Gasteiger partial charge in [0.15, 0.2) is 0 Å². The lowest BCUT2D eigenvalue weighted by molar-refractivity contribution is 0.233. The molecule has 0 bridgehead atoms. The first kappa shape index (κ1) is 11.7. The fourth-order valence-corrected chi connectivity index (χ4v) is 2.37. The van der Waals surface area contributed by atoms with Crippen LogP contribution in [0.4, 0.5) is 4.79 Å². The summed E-state index contributed by atoms with van der Waals surface area (Å²) in [6.07, 6.45) is 3.57. The Bertz CT molecular complexity index is 504. The number of amides is 1. The Hall–Kier alpha value is -1.73. The van der Waals surface area contributed by atoms with Gasteiger partial charge in [0.1, 0.15) is 6.04 Å². The third-order valence-electron chi connectivity index (χ3n) is 2.58. The van der Waals surface area contributed by atoms with Gasteiger partial charge in [-0.05, 0) is 23.0 Å². The van der Waals surface area contributed by atoms with Crippen LogP contribution >= 0.6 is 11.8 Å². The Morgan fingerprint density at radius 2 is 2.29 bits per heavy atom. The molecule has 1 aromatic carbocycles. The molecular formula is C13H12N2OS. The molecular weight excluding hydrogens is 232 g/mol. The van der Waals surface area contributed by atoms with Gasteiger partial charge in [-0.15, -0.1) is 0 Å². The van der Waals surface area contributed by atoms with Gasteiger partial charge in [0.2, 0.25) is 0 Å². The first-order chi connectivity index (χ1) is 8.27. The van der Waals surface area contributed by atoms with Crippen LogP contribution in [0.3, 0.4) is 0 Å². The molecule has 3 nitrogen and oxygen atoms in total. The van der Waals surface area contributed by atoms with Crippen LogP contribution in [0.1, 0.15) is 24.1 Å². The molecule has 1 aliphatic rings. The maximum absolute atomic E-state index is 11.9. The van der Waals surface area contributed by atoms with E-state index in [1.165, 1.54) is 16.7 Å². The van der Waals surface area contributed by atoms with Gasteiger partial charge in [-0.25, -0.2) is 0 Å². The highest BCUT2D eigenvalue weighted by molar-refractivity contribution is 8.13. The number of thioether (sulfide) groups is 1. The summed E-state index contributed by atoms with van der Waals surface area (Å²) in [6, 6.07) is 9.33. The number of nitrogens with zero attached hydrogens (tertiary/aromatic N) is 2. The maximum Gasteiger partial charge on any atom is 0.286 e. The van der Waals surface area contributed by atoms with E-state index in [1.54, 1.807) is 6.20 Å². The van der Waals surface area contributed by atoms with Crippen molar-refractivity contribution < 1.29 is 4.79 Å². The highest BCUT2D eigenvalue weighted by Crippen LogP contribution is 2.31. The molecule has 1 aromatic rings. The lowest BCUT2D eigenvalue weighted by Crippen LogP contribution is -2.28. The normalized spacial score (nSPS) is 17.4. The number of carbonyl (C=O) groups excluding carboxylic acids is 1. The summed E-state index contributed by atoms with van der Waals surface area (Å²) in [7, 11) is 0. The van der Waals surface area contributed by atoms with Crippen LogP contribution in [0.2, 0.25) is 0 Å². The van der Waals surface area contributed by atoms with Crippen LogP contribution in [0, 0.1) is 11.3 Å². The number of nitriles is 1. The van der Waals surface area contributed by atoms with Crippen molar-refractivity contribution in [2.45, 2.75) is 13.0 Å². The molecule has 2 rings (SSSR count). The molecule has 1 aliphatic heterocycles. The molecule has 1 atom stereocenters. The van der Waals surface area contributed by atoms with Crippen LogP contribution < -0.4 is 0 Å². The minimum absolute atomic E-state index is 0.0789. The molecule has 0 N–H and O–H groups in total. The second-order valence-electron chi connectivity index (χ2n) is 3.58. The molecule has 17 heavy (non-hydrogen) atoms. The van der Waals surface area contributed by atoms with Crippen LogP contribution in [0.25, 0.3) is 6.08 Å². The van der Waals surface area contributed by atoms with Crippen LogP contribution in [-0.2, 0) is 0 Å². The minimum Gasteiger partial charge on any atom is -0.289 e. The van der Waals surface area contributed by atoms with E-state index < -0.39 is 6.04 Å². The van der Waals surface area contributed by atoms with Gasteiger partial charge < -0.3 is 0 Å². The molecule has 0 fully saturated rings. The quantitative estimate of drug-likeness (QED) is 0.760. The van der Waals surface area contributed by atoms with E-state index in [0.29, 0.717) is 5.75 Å². The number of benzene rings is 1. The van der Waals surface area contributed by atoms with Gasteiger partial charge in [0.05, 0.1) is 6.07 Å². The standard InChI is InChI=1S/C13H12N2OS/c1-2-17-13(16)15-8-7-10-5-3-4-6-11(10)12(15)9-14/h3-8,12H,2H2,1H3/t12-/m1/s1. The fraction of sp³-hybridized carbons (Fsp3) is 0.231. The molecule has 0 radical (unpaired) electrons. The maximum atomic E-state index is 11.9. The zero-order valence-corrected chi connectivity index (χ0v) is 10.3. The summed E-state index contributed by atoms with van der Waals surface area (Å²) in [4.78, 5) is 13.4. The van der Waals surface area contributed by atoms with Crippen molar-refractivity contribution in [2.24, 2.45) is 0 Å². The summed E-state index contributed by atoms with van der Waals surface area (Å²) in [6.45, 7) is 1.92. The van der Waals surface area contributed by atoms with Gasteiger partial charge >= 0.3 is 0 Å². The van der Waals surface area contributed by atoms with Gasteiger partial charge in [-0.2, -0.15) is 5.26 Å². The average molecular weight is 244 g/mol. The summed E-state index contributed by atoms with van der Waals surface area (Å²) in [5, 5.41) is 9.16. The minimum atomic E-state index is -0.511. The van der Waals surface area contributed by atoms with Gasteiger partial charge in [0.25, 0.3) is 5.24 Å². The molecule has 0 aliphatic carbocycles. The Balaban J connectivity index is 2.36. The smallest absolute Gasteiger partial charge is 0.286 e. The van der Waals surface area contributed by atoms with Crippen molar-refractivity contribution in [3.63, 3.8) is 0 Å². The van der Waals surface area contributed by atoms with E-state index in [2.05, 4.69) is 6.07 Å². The number of fused-ring (bicyclic) bond motifs is 1. The molecule has 0 unspecified atom stereocenters. The summed E-state index contributed by atoms with van der Waals surface area (Å²) in [5.41, 5.74) is 1.90. The Morgan fingerprint density at radius 3 is 3.00 bits per heavy atom. The van der Waals surface area contributed by atoms with Crippen LogP contribution in [0.15, 0.2) is 30.5 Å². The first-order valence-electron chi connectivity index (χ1n) is 5.39. The first-order valence-corrected chi connectivity index (χ1v) is 6.38. The number of carbonyl (C=O) groups is 1. The molecule has 86 valence electrons. The number of rotatable bonds is 1. The van der Waals surface area contributed by atoms with Crippen molar-refractivity contribution in [3.05, 3.63) is 41.6 Å². The average Bonchev–Trinajstić information content (AvgIpc) is 2.37. The van der Waals surface area contributed by atoms with Gasteiger partial charge in [-0.3, -0.25) is 9.69 Å². The third-order valence-corrected chi connectivity index (χ3v) is 3.33. The Kier molecular flexibility index (Phi) is 3.50. The van der Waals surface area contributed by atoms with E-state index in [4.69, 9.17) is 0 Å². The van der Waals surface area contributed by atoms with Crippen LogP contribution in [-0.4, -0.2) is 15.9 Å². The van der Waals surface area contributed by atoms with E-state index in [9.17, 15) is 10.1 Å². The van der Waals surface area contributed by atoms with Crippen molar-refractivity contribution >= 4 is 23.1 Å². The molecule has 4 heteroatoms. The predicted octanol–water partition coefficient (Wildman–Crippen LogP) is 3.41. The molecule has 0 aromatic heterocycles. The van der Waals surface area contributed by atoms with Crippen molar-refractivity contribution in [2.75, 3.05) is 5.75 Å².